The molecule has 1 aromatic heterocycles. The van der Waals surface area contributed by atoms with Gasteiger partial charge in [0.2, 0.25) is 0 Å². The molecule has 5 nitrogen and oxygen atoms in total. The van der Waals surface area contributed by atoms with Crippen LogP contribution in [-0.4, -0.2) is 22.3 Å². The summed E-state index contributed by atoms with van der Waals surface area (Å²) in [6, 6.07) is 13.6. The second kappa shape index (κ2) is 7.44. The average molecular weight is 383 g/mol. The Hall–Kier alpha value is -2.80. The lowest BCUT2D eigenvalue weighted by Crippen LogP contribution is -2.22. The number of rotatable bonds is 5. The molecule has 0 fully saturated rings. The van der Waals surface area contributed by atoms with E-state index in [9.17, 15) is 9.18 Å². The molecular weight excluding hydrogens is 365 g/mol. The summed E-state index contributed by atoms with van der Waals surface area (Å²) in [4.78, 5) is 12.5. The molecule has 3 aromatic rings. The number of fused-ring (bicyclic) bond motifs is 1. The highest BCUT2D eigenvalue weighted by Gasteiger charge is 2.24. The van der Waals surface area contributed by atoms with Crippen LogP contribution in [0, 0.1) is 12.7 Å². The zero-order valence-corrected chi connectivity index (χ0v) is 15.6. The quantitative estimate of drug-likeness (QED) is 0.721. The lowest BCUT2D eigenvalue weighted by atomic mass is 10.2. The monoisotopic (exact) mass is 383 g/mol. The Morgan fingerprint density at radius 1 is 1.22 bits per heavy atom. The number of carbonyl (C=O) groups excluding carboxylic acids is 1. The van der Waals surface area contributed by atoms with Gasteiger partial charge < -0.3 is 10.1 Å². The number of aromatic nitrogens is 2. The number of hydrogen-bond donors (Lipinski definition) is 1. The van der Waals surface area contributed by atoms with E-state index in [0.717, 1.165) is 28.3 Å². The number of ether oxygens (including phenoxy) is 1. The first-order chi connectivity index (χ1) is 13.1. The van der Waals surface area contributed by atoms with E-state index in [-0.39, 0.29) is 18.3 Å². The van der Waals surface area contributed by atoms with Gasteiger partial charge in [0.25, 0.3) is 5.91 Å². The van der Waals surface area contributed by atoms with Gasteiger partial charge >= 0.3 is 0 Å². The molecule has 0 radical (unpaired) electrons. The van der Waals surface area contributed by atoms with E-state index in [4.69, 9.17) is 4.74 Å². The number of aryl methyl sites for hydroxylation is 1. The number of thioether (sulfide) groups is 1. The van der Waals surface area contributed by atoms with Gasteiger partial charge in [-0.25, -0.2) is 9.07 Å². The molecule has 0 atom stereocenters. The number of anilines is 1. The first-order valence-electron chi connectivity index (χ1n) is 8.54. The van der Waals surface area contributed by atoms with Crippen molar-refractivity contribution in [1.82, 2.24) is 9.78 Å². The Morgan fingerprint density at radius 2 is 2.00 bits per heavy atom. The van der Waals surface area contributed by atoms with E-state index in [2.05, 4.69) is 10.4 Å². The predicted molar refractivity (Wildman–Crippen MR) is 104 cm³/mol. The third kappa shape index (κ3) is 3.68. The summed E-state index contributed by atoms with van der Waals surface area (Å²) in [5, 5.41) is 7.52. The third-order valence-electron chi connectivity index (χ3n) is 4.33. The lowest BCUT2D eigenvalue weighted by molar-refractivity contribution is -0.118. The minimum absolute atomic E-state index is 0.0959. The van der Waals surface area contributed by atoms with Crippen molar-refractivity contribution < 1.29 is 13.9 Å². The van der Waals surface area contributed by atoms with Crippen molar-refractivity contribution in [3.63, 3.8) is 0 Å². The zero-order valence-electron chi connectivity index (χ0n) is 14.7. The second-order valence-corrected chi connectivity index (χ2v) is 7.24. The molecule has 7 heteroatoms. The van der Waals surface area contributed by atoms with Crippen LogP contribution >= 0.6 is 11.8 Å². The van der Waals surface area contributed by atoms with Gasteiger partial charge in [0, 0.05) is 17.1 Å². The van der Waals surface area contributed by atoms with Crippen molar-refractivity contribution in [3.05, 3.63) is 71.2 Å². The Bertz CT molecular complexity index is 985. The van der Waals surface area contributed by atoms with Crippen LogP contribution in [0.3, 0.4) is 0 Å². The molecule has 1 N–H and O–H groups in total. The van der Waals surface area contributed by atoms with Crippen molar-refractivity contribution in [2.75, 3.05) is 11.9 Å². The summed E-state index contributed by atoms with van der Waals surface area (Å²) in [6.07, 6.45) is 0. The smallest absolute Gasteiger partial charge is 0.263 e. The first kappa shape index (κ1) is 17.6. The molecule has 0 aliphatic carbocycles. The molecule has 0 spiro atoms. The summed E-state index contributed by atoms with van der Waals surface area (Å²) in [6.45, 7) is 1.84. The van der Waals surface area contributed by atoms with Crippen LogP contribution in [0.15, 0.2) is 48.5 Å². The highest BCUT2D eigenvalue weighted by molar-refractivity contribution is 7.98. The number of benzene rings is 2. The molecule has 4 rings (SSSR count). The van der Waals surface area contributed by atoms with Crippen molar-refractivity contribution in [2.45, 2.75) is 18.4 Å². The fourth-order valence-corrected chi connectivity index (χ4v) is 3.98. The SMILES string of the molecule is Cc1ccccc1OCC(=O)Nc1c2c(nn1-c1ccc(F)cc1)CSC2. The first-order valence-corrected chi connectivity index (χ1v) is 9.70. The number of nitrogens with zero attached hydrogens (tertiary/aromatic N) is 2. The second-order valence-electron chi connectivity index (χ2n) is 6.26. The van der Waals surface area contributed by atoms with Crippen LogP contribution in [0.5, 0.6) is 5.75 Å². The maximum atomic E-state index is 13.2. The maximum absolute atomic E-state index is 13.2. The van der Waals surface area contributed by atoms with Gasteiger partial charge in [-0.15, -0.1) is 0 Å². The van der Waals surface area contributed by atoms with Gasteiger partial charge in [-0.3, -0.25) is 4.79 Å². The standard InChI is InChI=1S/C20H18FN3O2S/c1-13-4-2-3-5-18(13)26-10-19(25)22-20-16-11-27-12-17(16)23-24(20)15-8-6-14(21)7-9-15/h2-9H,10-12H2,1H3,(H,22,25). The number of amides is 1. The fourth-order valence-electron chi connectivity index (χ4n) is 2.94. The van der Waals surface area contributed by atoms with Crippen molar-refractivity contribution in [1.29, 1.82) is 0 Å². The van der Waals surface area contributed by atoms with Crippen LogP contribution in [0.1, 0.15) is 16.8 Å². The van der Waals surface area contributed by atoms with Crippen LogP contribution in [0.4, 0.5) is 10.2 Å². The van der Waals surface area contributed by atoms with Gasteiger partial charge in [-0.1, -0.05) is 18.2 Å². The Kier molecular flexibility index (Phi) is 4.85. The molecule has 1 aliphatic rings. The molecule has 1 aliphatic heterocycles. The molecule has 1 amide bonds. The summed E-state index contributed by atoms with van der Waals surface area (Å²) in [7, 11) is 0. The van der Waals surface area contributed by atoms with Crippen LogP contribution < -0.4 is 10.1 Å². The highest BCUT2D eigenvalue weighted by atomic mass is 32.2. The van der Waals surface area contributed by atoms with E-state index in [1.807, 2.05) is 31.2 Å². The van der Waals surface area contributed by atoms with E-state index in [1.165, 1.54) is 12.1 Å². The third-order valence-corrected chi connectivity index (χ3v) is 5.30. The number of halogens is 1. The molecular formula is C20H18FN3O2S. The van der Waals surface area contributed by atoms with Crippen LogP contribution in [-0.2, 0) is 16.3 Å². The minimum atomic E-state index is -0.314. The lowest BCUT2D eigenvalue weighted by Gasteiger charge is -2.12. The highest BCUT2D eigenvalue weighted by Crippen LogP contribution is 2.36. The van der Waals surface area contributed by atoms with Gasteiger partial charge in [0.15, 0.2) is 6.61 Å². The Labute approximate surface area is 160 Å². The van der Waals surface area contributed by atoms with Gasteiger partial charge in [-0.2, -0.15) is 16.9 Å². The van der Waals surface area contributed by atoms with E-state index < -0.39 is 0 Å². The number of hydrogen-bond acceptors (Lipinski definition) is 4. The van der Waals surface area contributed by atoms with Crippen molar-refractivity contribution in [2.24, 2.45) is 0 Å². The van der Waals surface area contributed by atoms with Gasteiger partial charge in [0.05, 0.1) is 11.4 Å². The summed E-state index contributed by atoms with van der Waals surface area (Å²) < 4.78 is 20.5. The number of nitrogens with one attached hydrogen (secondary N) is 1. The van der Waals surface area contributed by atoms with Crippen LogP contribution in [0.25, 0.3) is 5.69 Å². The fraction of sp³-hybridized carbons (Fsp3) is 0.200. The predicted octanol–water partition coefficient (Wildman–Crippen LogP) is 4.08. The maximum Gasteiger partial charge on any atom is 0.263 e. The molecule has 0 unspecified atom stereocenters. The summed E-state index contributed by atoms with van der Waals surface area (Å²) >= 11 is 1.75. The normalized spacial score (nSPS) is 12.7. The molecule has 0 saturated carbocycles. The molecule has 27 heavy (non-hydrogen) atoms. The number of para-hydroxylation sites is 1. The molecule has 0 bridgehead atoms. The largest absolute Gasteiger partial charge is 0.483 e. The van der Waals surface area contributed by atoms with Crippen LogP contribution in [0.2, 0.25) is 0 Å². The zero-order chi connectivity index (χ0) is 18.8. The van der Waals surface area contributed by atoms with Gasteiger partial charge in [0.1, 0.15) is 17.4 Å². The van der Waals surface area contributed by atoms with Gasteiger partial charge in [-0.05, 0) is 42.8 Å². The molecule has 2 heterocycles. The topological polar surface area (TPSA) is 56.1 Å². The molecule has 2 aromatic carbocycles. The van der Waals surface area contributed by atoms with E-state index in [0.29, 0.717) is 17.3 Å². The van der Waals surface area contributed by atoms with E-state index in [1.54, 1.807) is 28.6 Å². The summed E-state index contributed by atoms with van der Waals surface area (Å²) in [5.41, 5.74) is 3.62. The average Bonchev–Trinajstić information content (AvgIpc) is 3.24. The molecule has 138 valence electrons. The van der Waals surface area contributed by atoms with Crippen molar-refractivity contribution in [3.8, 4) is 11.4 Å². The minimum Gasteiger partial charge on any atom is -0.483 e. The Balaban J connectivity index is 1.55. The molecule has 0 saturated heterocycles. The number of carbonyl (C=O) groups is 1. The van der Waals surface area contributed by atoms with E-state index >= 15 is 0 Å². The van der Waals surface area contributed by atoms with Crippen molar-refractivity contribution >= 4 is 23.5 Å². The summed E-state index contributed by atoms with van der Waals surface area (Å²) in [5.74, 6) is 2.31. The Morgan fingerprint density at radius 3 is 2.78 bits per heavy atom.